The van der Waals surface area contributed by atoms with Crippen LogP contribution in [-0.2, 0) is 0 Å². The van der Waals surface area contributed by atoms with Gasteiger partial charge in [-0.15, -0.1) is 0 Å². The fraction of sp³-hybridized carbons (Fsp3) is 0.250. The highest BCUT2D eigenvalue weighted by molar-refractivity contribution is 6.30. The Labute approximate surface area is 114 Å². The van der Waals surface area contributed by atoms with E-state index >= 15 is 0 Å². The van der Waals surface area contributed by atoms with Crippen LogP contribution < -0.4 is 5.73 Å². The van der Waals surface area contributed by atoms with E-state index in [0.717, 1.165) is 21.7 Å². The maximum atomic E-state index is 6.37. The number of rotatable bonds is 2. The van der Waals surface area contributed by atoms with Gasteiger partial charge in [-0.3, -0.25) is 0 Å². The molecule has 0 fully saturated rings. The molecule has 2 aromatic carbocycles. The van der Waals surface area contributed by atoms with Crippen molar-refractivity contribution in [1.29, 1.82) is 0 Å². The van der Waals surface area contributed by atoms with Crippen molar-refractivity contribution >= 4 is 11.6 Å². The molecule has 0 aliphatic heterocycles. The molecule has 2 heteroatoms. The van der Waals surface area contributed by atoms with E-state index in [4.69, 9.17) is 17.3 Å². The van der Waals surface area contributed by atoms with E-state index in [1.54, 1.807) is 0 Å². The Hall–Kier alpha value is -1.31. The van der Waals surface area contributed by atoms with Gasteiger partial charge in [-0.1, -0.05) is 41.4 Å². The molecule has 2 N–H and O–H groups in total. The van der Waals surface area contributed by atoms with E-state index in [-0.39, 0.29) is 6.04 Å². The van der Waals surface area contributed by atoms with Gasteiger partial charge >= 0.3 is 0 Å². The third-order valence-electron chi connectivity index (χ3n) is 3.19. The molecule has 0 radical (unpaired) electrons. The molecule has 0 saturated heterocycles. The third-order valence-corrected chi connectivity index (χ3v) is 3.41. The van der Waals surface area contributed by atoms with Gasteiger partial charge in [-0.2, -0.15) is 0 Å². The summed E-state index contributed by atoms with van der Waals surface area (Å²) in [6.45, 7) is 6.20. The summed E-state index contributed by atoms with van der Waals surface area (Å²) in [7, 11) is 0. The lowest BCUT2D eigenvalue weighted by molar-refractivity contribution is 0.858. The monoisotopic (exact) mass is 259 g/mol. The minimum atomic E-state index is -0.123. The van der Waals surface area contributed by atoms with Gasteiger partial charge in [0.25, 0.3) is 0 Å². The first-order valence-electron chi connectivity index (χ1n) is 6.07. The standard InChI is InChI=1S/C16H18ClN/c1-10-4-5-12(3)15(8-10)16(18)13-6-11(2)7-14(17)9-13/h4-9,16H,18H2,1-3H3. The van der Waals surface area contributed by atoms with Crippen molar-refractivity contribution in [2.24, 2.45) is 5.73 Å². The van der Waals surface area contributed by atoms with Gasteiger partial charge in [0.15, 0.2) is 0 Å². The molecule has 1 nitrogen and oxygen atoms in total. The fourth-order valence-electron chi connectivity index (χ4n) is 2.22. The van der Waals surface area contributed by atoms with Gasteiger partial charge in [-0.25, -0.2) is 0 Å². The molecule has 0 aliphatic rings. The number of aryl methyl sites for hydroxylation is 3. The average molecular weight is 260 g/mol. The van der Waals surface area contributed by atoms with E-state index < -0.39 is 0 Å². The van der Waals surface area contributed by atoms with Crippen molar-refractivity contribution in [3.05, 3.63) is 69.2 Å². The molecule has 18 heavy (non-hydrogen) atoms. The highest BCUT2D eigenvalue weighted by Crippen LogP contribution is 2.26. The third kappa shape index (κ3) is 2.74. The molecule has 0 aromatic heterocycles. The first-order valence-corrected chi connectivity index (χ1v) is 6.45. The van der Waals surface area contributed by atoms with Crippen molar-refractivity contribution in [3.8, 4) is 0 Å². The summed E-state index contributed by atoms with van der Waals surface area (Å²) < 4.78 is 0. The summed E-state index contributed by atoms with van der Waals surface area (Å²) in [6.07, 6.45) is 0. The van der Waals surface area contributed by atoms with Gasteiger partial charge in [0.2, 0.25) is 0 Å². The van der Waals surface area contributed by atoms with Gasteiger partial charge in [0, 0.05) is 5.02 Å². The van der Waals surface area contributed by atoms with Crippen LogP contribution in [0.5, 0.6) is 0 Å². The minimum absolute atomic E-state index is 0.123. The van der Waals surface area contributed by atoms with Crippen LogP contribution in [0, 0.1) is 20.8 Å². The SMILES string of the molecule is Cc1cc(Cl)cc(C(N)c2cc(C)ccc2C)c1. The lowest BCUT2D eigenvalue weighted by Crippen LogP contribution is -2.13. The first kappa shape index (κ1) is 13.1. The number of hydrogen-bond donors (Lipinski definition) is 1. The normalized spacial score (nSPS) is 12.5. The van der Waals surface area contributed by atoms with E-state index in [1.165, 1.54) is 11.1 Å². The van der Waals surface area contributed by atoms with Crippen LogP contribution >= 0.6 is 11.6 Å². The van der Waals surface area contributed by atoms with Crippen molar-refractivity contribution in [2.45, 2.75) is 26.8 Å². The Morgan fingerprint density at radius 2 is 1.67 bits per heavy atom. The molecule has 2 rings (SSSR count). The molecule has 94 valence electrons. The second kappa shape index (κ2) is 5.13. The lowest BCUT2D eigenvalue weighted by atomic mass is 9.93. The number of halogens is 1. The van der Waals surface area contributed by atoms with Crippen LogP contribution in [0.2, 0.25) is 5.02 Å². The Morgan fingerprint density at radius 3 is 2.33 bits per heavy atom. The summed E-state index contributed by atoms with van der Waals surface area (Å²) in [5.41, 5.74) is 12.2. The molecular formula is C16H18ClN. The molecule has 0 heterocycles. The molecule has 0 bridgehead atoms. The summed E-state index contributed by atoms with van der Waals surface area (Å²) in [5.74, 6) is 0. The van der Waals surface area contributed by atoms with Crippen LogP contribution in [0.25, 0.3) is 0 Å². The number of nitrogens with two attached hydrogens (primary N) is 1. The molecule has 0 saturated carbocycles. The van der Waals surface area contributed by atoms with Gasteiger partial charge in [-0.05, 0) is 55.2 Å². The molecule has 0 amide bonds. The number of hydrogen-bond acceptors (Lipinski definition) is 1. The van der Waals surface area contributed by atoms with Crippen molar-refractivity contribution in [3.63, 3.8) is 0 Å². The summed E-state index contributed by atoms with van der Waals surface area (Å²) >= 11 is 6.10. The van der Waals surface area contributed by atoms with Gasteiger partial charge in [0.1, 0.15) is 0 Å². The largest absolute Gasteiger partial charge is 0.320 e. The van der Waals surface area contributed by atoms with E-state index in [9.17, 15) is 0 Å². The van der Waals surface area contributed by atoms with Crippen LogP contribution in [0.15, 0.2) is 36.4 Å². The van der Waals surface area contributed by atoms with Crippen LogP contribution in [0.1, 0.15) is 33.9 Å². The summed E-state index contributed by atoms with van der Waals surface area (Å²) in [5, 5.41) is 0.741. The smallest absolute Gasteiger partial charge is 0.0554 e. The Bertz CT molecular complexity index is 555. The van der Waals surface area contributed by atoms with Crippen LogP contribution in [0.3, 0.4) is 0 Å². The lowest BCUT2D eigenvalue weighted by Gasteiger charge is -2.17. The van der Waals surface area contributed by atoms with Crippen molar-refractivity contribution < 1.29 is 0 Å². The summed E-state index contributed by atoms with van der Waals surface area (Å²) in [6, 6.07) is 12.2. The van der Waals surface area contributed by atoms with Crippen LogP contribution in [0.4, 0.5) is 0 Å². The maximum Gasteiger partial charge on any atom is 0.0554 e. The van der Waals surface area contributed by atoms with Crippen molar-refractivity contribution in [1.82, 2.24) is 0 Å². The van der Waals surface area contributed by atoms with E-state index in [2.05, 4.69) is 38.1 Å². The quantitative estimate of drug-likeness (QED) is 0.854. The topological polar surface area (TPSA) is 26.0 Å². The second-order valence-corrected chi connectivity index (χ2v) is 5.34. The molecule has 0 aliphatic carbocycles. The molecule has 0 spiro atoms. The first-order chi connectivity index (χ1) is 8.47. The average Bonchev–Trinajstić information content (AvgIpc) is 2.30. The Kier molecular flexibility index (Phi) is 3.74. The van der Waals surface area contributed by atoms with Gasteiger partial charge in [0.05, 0.1) is 6.04 Å². The Balaban J connectivity index is 2.47. The summed E-state index contributed by atoms with van der Waals surface area (Å²) in [4.78, 5) is 0. The van der Waals surface area contributed by atoms with E-state index in [0.29, 0.717) is 0 Å². The highest BCUT2D eigenvalue weighted by Gasteiger charge is 2.12. The fourth-order valence-corrected chi connectivity index (χ4v) is 2.52. The second-order valence-electron chi connectivity index (χ2n) is 4.90. The zero-order valence-corrected chi connectivity index (χ0v) is 11.8. The molecular weight excluding hydrogens is 242 g/mol. The molecule has 1 unspecified atom stereocenters. The predicted octanol–water partition coefficient (Wildman–Crippen LogP) is 4.31. The minimum Gasteiger partial charge on any atom is -0.320 e. The van der Waals surface area contributed by atoms with Crippen molar-refractivity contribution in [2.75, 3.05) is 0 Å². The maximum absolute atomic E-state index is 6.37. The zero-order chi connectivity index (χ0) is 13.3. The molecule has 2 aromatic rings. The number of benzene rings is 2. The molecule has 1 atom stereocenters. The van der Waals surface area contributed by atoms with Gasteiger partial charge < -0.3 is 5.73 Å². The van der Waals surface area contributed by atoms with E-state index in [1.807, 2.05) is 19.1 Å². The highest BCUT2D eigenvalue weighted by atomic mass is 35.5. The predicted molar refractivity (Wildman–Crippen MR) is 78.1 cm³/mol. The zero-order valence-electron chi connectivity index (χ0n) is 11.0. The van der Waals surface area contributed by atoms with Crippen LogP contribution in [-0.4, -0.2) is 0 Å². The Morgan fingerprint density at radius 1 is 0.944 bits per heavy atom.